The number of rotatable bonds is 7. The molecule has 0 heterocycles. The summed E-state index contributed by atoms with van der Waals surface area (Å²) in [6, 6.07) is 21.2. The Labute approximate surface area is 163 Å². The van der Waals surface area contributed by atoms with Crippen molar-refractivity contribution >= 4 is 5.91 Å². The lowest BCUT2D eigenvalue weighted by Gasteiger charge is -2.22. The number of aliphatic hydroxyl groups is 1. The van der Waals surface area contributed by atoms with Gasteiger partial charge in [-0.3, -0.25) is 4.79 Å². The number of nitrogens with one attached hydrogen (secondary N) is 1. The molecule has 0 aliphatic carbocycles. The van der Waals surface area contributed by atoms with Gasteiger partial charge in [-0.2, -0.15) is 0 Å². The van der Waals surface area contributed by atoms with Gasteiger partial charge in [-0.25, -0.2) is 0 Å². The topological polar surface area (TPSA) is 89.8 Å². The first-order valence-electron chi connectivity index (χ1n) is 9.16. The van der Waals surface area contributed by atoms with Crippen molar-refractivity contribution in [3.8, 4) is 11.5 Å². The van der Waals surface area contributed by atoms with Crippen LogP contribution in [0.1, 0.15) is 39.4 Å². The van der Waals surface area contributed by atoms with Crippen molar-refractivity contribution in [2.24, 2.45) is 0 Å². The van der Waals surface area contributed by atoms with Crippen molar-refractivity contribution in [2.45, 2.75) is 12.3 Å². The maximum Gasteiger partial charge on any atom is 0.251 e. The molecule has 0 aliphatic rings. The fraction of sp³-hybridized carbons (Fsp3) is 0.174. The van der Waals surface area contributed by atoms with Gasteiger partial charge in [0.15, 0.2) is 0 Å². The zero-order chi connectivity index (χ0) is 19.9. The van der Waals surface area contributed by atoms with Gasteiger partial charge in [-0.1, -0.05) is 42.5 Å². The Morgan fingerprint density at radius 2 is 1.36 bits per heavy atom. The third kappa shape index (κ3) is 4.50. The SMILES string of the molecule is O=C(NCCCO)c1ccccc1C(c1ccc(O)cc1)c1ccc(O)cc1. The van der Waals surface area contributed by atoms with Crippen LogP contribution in [0.5, 0.6) is 11.5 Å². The Morgan fingerprint density at radius 1 is 0.821 bits per heavy atom. The number of phenolic OH excluding ortho intramolecular Hbond substituents is 2. The normalized spacial score (nSPS) is 10.8. The molecule has 3 aromatic carbocycles. The Bertz CT molecular complexity index is 875. The Balaban J connectivity index is 2.07. The molecular formula is C23H23NO4. The molecule has 0 fully saturated rings. The van der Waals surface area contributed by atoms with E-state index in [1.807, 2.05) is 42.5 Å². The van der Waals surface area contributed by atoms with Crippen LogP contribution in [-0.2, 0) is 0 Å². The van der Waals surface area contributed by atoms with Gasteiger partial charge in [0.1, 0.15) is 11.5 Å². The summed E-state index contributed by atoms with van der Waals surface area (Å²) in [5.74, 6) is -0.112. The molecule has 5 heteroatoms. The average Bonchev–Trinajstić information content (AvgIpc) is 2.71. The van der Waals surface area contributed by atoms with Crippen LogP contribution in [-0.4, -0.2) is 34.4 Å². The molecule has 0 bridgehead atoms. The lowest BCUT2D eigenvalue weighted by molar-refractivity contribution is 0.0950. The number of hydrogen-bond donors (Lipinski definition) is 4. The van der Waals surface area contributed by atoms with Crippen molar-refractivity contribution < 1.29 is 20.1 Å². The highest BCUT2D eigenvalue weighted by Gasteiger charge is 2.22. The third-order valence-electron chi connectivity index (χ3n) is 4.59. The van der Waals surface area contributed by atoms with Crippen molar-refractivity contribution in [1.29, 1.82) is 0 Å². The fourth-order valence-corrected chi connectivity index (χ4v) is 3.22. The summed E-state index contributed by atoms with van der Waals surface area (Å²) in [7, 11) is 0. The van der Waals surface area contributed by atoms with E-state index >= 15 is 0 Å². The first kappa shape index (κ1) is 19.5. The molecular weight excluding hydrogens is 354 g/mol. The van der Waals surface area contributed by atoms with E-state index in [0.717, 1.165) is 16.7 Å². The molecule has 4 N–H and O–H groups in total. The van der Waals surface area contributed by atoms with E-state index < -0.39 is 0 Å². The highest BCUT2D eigenvalue weighted by molar-refractivity contribution is 5.96. The minimum absolute atomic E-state index is 0.0194. The predicted molar refractivity (Wildman–Crippen MR) is 108 cm³/mol. The number of aliphatic hydroxyl groups excluding tert-OH is 1. The molecule has 0 saturated carbocycles. The van der Waals surface area contributed by atoms with E-state index in [9.17, 15) is 15.0 Å². The van der Waals surface area contributed by atoms with E-state index in [2.05, 4.69) is 5.32 Å². The van der Waals surface area contributed by atoms with Gasteiger partial charge in [-0.15, -0.1) is 0 Å². The van der Waals surface area contributed by atoms with E-state index in [-0.39, 0.29) is 29.9 Å². The van der Waals surface area contributed by atoms with Crippen LogP contribution in [0.15, 0.2) is 72.8 Å². The molecule has 3 aromatic rings. The van der Waals surface area contributed by atoms with Crippen LogP contribution in [0.25, 0.3) is 0 Å². The second-order valence-electron chi connectivity index (χ2n) is 6.54. The molecule has 0 radical (unpaired) electrons. The van der Waals surface area contributed by atoms with Gasteiger partial charge >= 0.3 is 0 Å². The summed E-state index contributed by atoms with van der Waals surface area (Å²) in [6.45, 7) is 0.415. The van der Waals surface area contributed by atoms with Crippen LogP contribution in [0.2, 0.25) is 0 Å². The first-order chi connectivity index (χ1) is 13.6. The van der Waals surface area contributed by atoms with Crippen LogP contribution < -0.4 is 5.32 Å². The second-order valence-corrected chi connectivity index (χ2v) is 6.54. The molecule has 0 spiro atoms. The van der Waals surface area contributed by atoms with Crippen LogP contribution in [0.4, 0.5) is 0 Å². The molecule has 144 valence electrons. The van der Waals surface area contributed by atoms with Gasteiger partial charge in [-0.05, 0) is 53.4 Å². The van der Waals surface area contributed by atoms with E-state index in [1.165, 1.54) is 0 Å². The molecule has 0 aliphatic heterocycles. The van der Waals surface area contributed by atoms with Gasteiger partial charge in [0.05, 0.1) is 0 Å². The number of aromatic hydroxyl groups is 2. The molecule has 0 saturated heterocycles. The van der Waals surface area contributed by atoms with Crippen molar-refractivity contribution in [1.82, 2.24) is 5.32 Å². The smallest absolute Gasteiger partial charge is 0.251 e. The van der Waals surface area contributed by atoms with Gasteiger partial charge in [0.25, 0.3) is 5.91 Å². The van der Waals surface area contributed by atoms with Crippen molar-refractivity contribution in [3.63, 3.8) is 0 Å². The number of carbonyl (C=O) groups excluding carboxylic acids is 1. The highest BCUT2D eigenvalue weighted by Crippen LogP contribution is 2.35. The maximum absolute atomic E-state index is 12.7. The average molecular weight is 377 g/mol. The second kappa shape index (κ2) is 9.06. The van der Waals surface area contributed by atoms with Crippen LogP contribution >= 0.6 is 0 Å². The van der Waals surface area contributed by atoms with Crippen LogP contribution in [0, 0.1) is 0 Å². The lowest BCUT2D eigenvalue weighted by atomic mass is 9.82. The zero-order valence-electron chi connectivity index (χ0n) is 15.4. The minimum Gasteiger partial charge on any atom is -0.508 e. The number of hydrogen-bond acceptors (Lipinski definition) is 4. The van der Waals surface area contributed by atoms with Crippen molar-refractivity contribution in [3.05, 3.63) is 95.1 Å². The Kier molecular flexibility index (Phi) is 6.29. The van der Waals surface area contributed by atoms with Gasteiger partial charge in [0.2, 0.25) is 0 Å². The summed E-state index contributed by atoms with van der Waals surface area (Å²) < 4.78 is 0. The van der Waals surface area contributed by atoms with Crippen molar-refractivity contribution in [2.75, 3.05) is 13.2 Å². The van der Waals surface area contributed by atoms with Gasteiger partial charge < -0.3 is 20.6 Å². The maximum atomic E-state index is 12.7. The standard InChI is InChI=1S/C23H23NO4/c25-15-3-14-24-23(28)21-5-2-1-4-20(21)22(16-6-10-18(26)11-7-16)17-8-12-19(27)13-9-17/h1-2,4-13,22,25-27H,3,14-15H2,(H,24,28). The third-order valence-corrected chi connectivity index (χ3v) is 4.59. The van der Waals surface area contributed by atoms with E-state index in [1.54, 1.807) is 30.3 Å². The van der Waals surface area contributed by atoms with E-state index in [4.69, 9.17) is 5.11 Å². The molecule has 3 rings (SSSR count). The Hall–Kier alpha value is -3.31. The fourth-order valence-electron chi connectivity index (χ4n) is 3.22. The molecule has 5 nitrogen and oxygen atoms in total. The number of amides is 1. The summed E-state index contributed by atoms with van der Waals surface area (Å²) in [5, 5.41) is 31.1. The summed E-state index contributed by atoms with van der Waals surface area (Å²) in [4.78, 5) is 12.7. The highest BCUT2D eigenvalue weighted by atomic mass is 16.3. The van der Waals surface area contributed by atoms with Gasteiger partial charge in [0, 0.05) is 24.6 Å². The summed E-state index contributed by atoms with van der Waals surface area (Å²) in [5.41, 5.74) is 3.20. The Morgan fingerprint density at radius 3 is 1.89 bits per heavy atom. The molecule has 28 heavy (non-hydrogen) atoms. The number of carbonyl (C=O) groups is 1. The van der Waals surface area contributed by atoms with E-state index in [0.29, 0.717) is 18.5 Å². The predicted octanol–water partition coefficient (Wildman–Crippen LogP) is 3.39. The molecule has 0 unspecified atom stereocenters. The number of phenols is 2. The molecule has 0 aromatic heterocycles. The van der Waals surface area contributed by atoms with Crippen LogP contribution in [0.3, 0.4) is 0 Å². The minimum atomic E-state index is -0.249. The molecule has 0 atom stereocenters. The number of benzene rings is 3. The first-order valence-corrected chi connectivity index (χ1v) is 9.16. The molecule has 1 amide bonds. The zero-order valence-corrected chi connectivity index (χ0v) is 15.4. The largest absolute Gasteiger partial charge is 0.508 e. The summed E-state index contributed by atoms with van der Waals surface area (Å²) in [6.07, 6.45) is 0.493. The summed E-state index contributed by atoms with van der Waals surface area (Å²) >= 11 is 0. The monoisotopic (exact) mass is 377 g/mol. The quantitative estimate of drug-likeness (QED) is 0.375. The lowest BCUT2D eigenvalue weighted by Crippen LogP contribution is -2.26.